The first-order valence-electron chi connectivity index (χ1n) is 6.56. The van der Waals surface area contributed by atoms with Crippen molar-refractivity contribution < 1.29 is 4.74 Å². The smallest absolute Gasteiger partial charge is 0.0589 e. The third-order valence-electron chi connectivity index (χ3n) is 3.40. The Morgan fingerprint density at radius 1 is 1.31 bits per heavy atom. The van der Waals surface area contributed by atoms with Crippen molar-refractivity contribution >= 4 is 0 Å². The number of hydrogen-bond acceptors (Lipinski definition) is 3. The molecule has 3 nitrogen and oxygen atoms in total. The van der Waals surface area contributed by atoms with Gasteiger partial charge in [0.25, 0.3) is 0 Å². The van der Waals surface area contributed by atoms with Crippen molar-refractivity contribution in [2.75, 3.05) is 40.4 Å². The highest BCUT2D eigenvalue weighted by Gasteiger charge is 2.32. The van der Waals surface area contributed by atoms with Crippen molar-refractivity contribution in [3.8, 4) is 0 Å². The molecule has 0 heterocycles. The third kappa shape index (κ3) is 5.28. The topological polar surface area (TPSA) is 24.5 Å². The second kappa shape index (κ2) is 7.25. The van der Waals surface area contributed by atoms with Crippen LogP contribution in [0.2, 0.25) is 0 Å². The Balaban J connectivity index is 2.08. The summed E-state index contributed by atoms with van der Waals surface area (Å²) in [4.78, 5) is 2.32. The van der Waals surface area contributed by atoms with E-state index in [-0.39, 0.29) is 0 Å². The van der Waals surface area contributed by atoms with Crippen molar-refractivity contribution in [3.63, 3.8) is 0 Å². The number of likely N-dealkylation sites (N-methyl/N-ethyl adjacent to an activating group) is 1. The zero-order chi connectivity index (χ0) is 12.0. The van der Waals surface area contributed by atoms with E-state index >= 15 is 0 Å². The summed E-state index contributed by atoms with van der Waals surface area (Å²) < 4.78 is 5.06. The molecular weight excluding hydrogens is 200 g/mol. The average molecular weight is 228 g/mol. The van der Waals surface area contributed by atoms with Crippen LogP contribution in [0.3, 0.4) is 0 Å². The fourth-order valence-corrected chi connectivity index (χ4v) is 2.18. The second-order valence-electron chi connectivity index (χ2n) is 5.36. The number of ether oxygens (including phenoxy) is 1. The fourth-order valence-electron chi connectivity index (χ4n) is 2.18. The lowest BCUT2D eigenvalue weighted by Crippen LogP contribution is -2.40. The predicted molar refractivity (Wildman–Crippen MR) is 68.7 cm³/mol. The van der Waals surface area contributed by atoms with E-state index in [0.717, 1.165) is 44.1 Å². The number of hydrogen-bond donors (Lipinski definition) is 1. The molecule has 0 aliphatic heterocycles. The minimum Gasteiger partial charge on any atom is -0.383 e. The molecule has 1 aliphatic rings. The lowest BCUT2D eigenvalue weighted by molar-refractivity contribution is 0.160. The van der Waals surface area contributed by atoms with E-state index in [4.69, 9.17) is 4.74 Å². The third-order valence-corrected chi connectivity index (χ3v) is 3.40. The van der Waals surface area contributed by atoms with Crippen LogP contribution in [0.1, 0.15) is 26.7 Å². The summed E-state index contributed by atoms with van der Waals surface area (Å²) in [6, 6.07) is 0.732. The lowest BCUT2D eigenvalue weighted by Gasteiger charge is -2.24. The van der Waals surface area contributed by atoms with E-state index in [1.54, 1.807) is 7.11 Å². The molecule has 0 radical (unpaired) electrons. The molecule has 1 atom stereocenters. The maximum absolute atomic E-state index is 5.06. The van der Waals surface area contributed by atoms with Gasteiger partial charge < -0.3 is 15.0 Å². The maximum Gasteiger partial charge on any atom is 0.0589 e. The van der Waals surface area contributed by atoms with Gasteiger partial charge in [0.05, 0.1) is 6.61 Å². The molecular formula is C13H28N2O. The van der Waals surface area contributed by atoms with Crippen LogP contribution in [0, 0.1) is 11.8 Å². The Hall–Kier alpha value is -0.120. The lowest BCUT2D eigenvalue weighted by atomic mass is 10.00. The summed E-state index contributed by atoms with van der Waals surface area (Å²) in [6.07, 6.45) is 2.85. The second-order valence-corrected chi connectivity index (χ2v) is 5.36. The van der Waals surface area contributed by atoms with E-state index in [0.29, 0.717) is 0 Å². The molecule has 1 N–H and O–H groups in total. The Labute approximate surface area is 101 Å². The number of rotatable bonds is 9. The van der Waals surface area contributed by atoms with Crippen molar-refractivity contribution in [3.05, 3.63) is 0 Å². The standard InChI is InChI=1S/C13H28N2O/c1-11(2)13(12-5-6-12)14-7-8-15(3)9-10-16-4/h11-14H,5-10H2,1-4H3. The molecule has 0 saturated heterocycles. The van der Waals surface area contributed by atoms with Crippen LogP contribution in [0.5, 0.6) is 0 Å². The Morgan fingerprint density at radius 2 is 2.00 bits per heavy atom. The first-order chi connectivity index (χ1) is 7.65. The van der Waals surface area contributed by atoms with Gasteiger partial charge in [0.1, 0.15) is 0 Å². The van der Waals surface area contributed by atoms with Gasteiger partial charge >= 0.3 is 0 Å². The molecule has 0 bridgehead atoms. The molecule has 3 heteroatoms. The molecule has 1 saturated carbocycles. The average Bonchev–Trinajstić information content (AvgIpc) is 3.04. The molecule has 1 fully saturated rings. The normalized spacial score (nSPS) is 18.4. The fraction of sp³-hybridized carbons (Fsp3) is 1.00. The minimum atomic E-state index is 0.732. The zero-order valence-corrected chi connectivity index (χ0v) is 11.3. The molecule has 1 aliphatic carbocycles. The van der Waals surface area contributed by atoms with Crippen molar-refractivity contribution in [1.29, 1.82) is 0 Å². The highest BCUT2D eigenvalue weighted by atomic mass is 16.5. The van der Waals surface area contributed by atoms with Gasteiger partial charge in [-0.15, -0.1) is 0 Å². The van der Waals surface area contributed by atoms with Crippen LogP contribution in [-0.2, 0) is 4.74 Å². The van der Waals surface area contributed by atoms with Gasteiger partial charge in [-0.3, -0.25) is 0 Å². The molecule has 1 rings (SSSR count). The largest absolute Gasteiger partial charge is 0.383 e. The first-order valence-corrected chi connectivity index (χ1v) is 6.56. The van der Waals surface area contributed by atoms with Gasteiger partial charge in [0.2, 0.25) is 0 Å². The van der Waals surface area contributed by atoms with Crippen LogP contribution in [0.15, 0.2) is 0 Å². The van der Waals surface area contributed by atoms with Gasteiger partial charge in [0.15, 0.2) is 0 Å². The van der Waals surface area contributed by atoms with Crippen molar-refractivity contribution in [1.82, 2.24) is 10.2 Å². The van der Waals surface area contributed by atoms with E-state index < -0.39 is 0 Å². The number of nitrogens with one attached hydrogen (secondary N) is 1. The Morgan fingerprint density at radius 3 is 2.50 bits per heavy atom. The van der Waals surface area contributed by atoms with Crippen LogP contribution >= 0.6 is 0 Å². The van der Waals surface area contributed by atoms with E-state index in [1.807, 2.05) is 0 Å². The molecule has 1 unspecified atom stereocenters. The summed E-state index contributed by atoms with van der Waals surface area (Å²) in [6.45, 7) is 8.70. The van der Waals surface area contributed by atoms with Gasteiger partial charge in [0, 0.05) is 32.8 Å². The highest BCUT2D eigenvalue weighted by Crippen LogP contribution is 2.35. The van der Waals surface area contributed by atoms with Crippen LogP contribution in [0.4, 0.5) is 0 Å². The number of nitrogens with zero attached hydrogens (tertiary/aromatic N) is 1. The Bertz CT molecular complexity index is 179. The molecule has 16 heavy (non-hydrogen) atoms. The molecule has 0 aromatic carbocycles. The highest BCUT2D eigenvalue weighted by molar-refractivity contribution is 4.88. The molecule has 0 aromatic heterocycles. The quantitative estimate of drug-likeness (QED) is 0.648. The summed E-state index contributed by atoms with van der Waals surface area (Å²) in [5, 5.41) is 3.71. The molecule has 96 valence electrons. The maximum atomic E-state index is 5.06. The molecule has 0 amide bonds. The predicted octanol–water partition coefficient (Wildman–Crippen LogP) is 1.59. The van der Waals surface area contributed by atoms with E-state index in [2.05, 4.69) is 31.1 Å². The summed E-state index contributed by atoms with van der Waals surface area (Å²) in [5.41, 5.74) is 0. The SMILES string of the molecule is COCCN(C)CCNC(C(C)C)C1CC1. The van der Waals surface area contributed by atoms with Crippen molar-refractivity contribution in [2.24, 2.45) is 11.8 Å². The van der Waals surface area contributed by atoms with Crippen LogP contribution < -0.4 is 5.32 Å². The Kier molecular flexibility index (Phi) is 6.32. The van der Waals surface area contributed by atoms with Crippen LogP contribution in [-0.4, -0.2) is 51.3 Å². The van der Waals surface area contributed by atoms with Gasteiger partial charge in [-0.25, -0.2) is 0 Å². The van der Waals surface area contributed by atoms with Gasteiger partial charge in [-0.1, -0.05) is 13.8 Å². The monoisotopic (exact) mass is 228 g/mol. The van der Waals surface area contributed by atoms with E-state index in [1.165, 1.54) is 12.8 Å². The van der Waals surface area contributed by atoms with Gasteiger partial charge in [-0.2, -0.15) is 0 Å². The first kappa shape index (κ1) is 13.9. The van der Waals surface area contributed by atoms with E-state index in [9.17, 15) is 0 Å². The zero-order valence-electron chi connectivity index (χ0n) is 11.3. The summed E-state index contributed by atoms with van der Waals surface area (Å²) in [7, 11) is 3.91. The van der Waals surface area contributed by atoms with Crippen molar-refractivity contribution in [2.45, 2.75) is 32.7 Å². The van der Waals surface area contributed by atoms with Gasteiger partial charge in [-0.05, 0) is 31.7 Å². The summed E-state index contributed by atoms with van der Waals surface area (Å²) >= 11 is 0. The molecule has 0 spiro atoms. The molecule has 0 aromatic rings. The number of methoxy groups -OCH3 is 1. The summed E-state index contributed by atoms with van der Waals surface area (Å²) in [5.74, 6) is 1.71. The minimum absolute atomic E-state index is 0.732. The van der Waals surface area contributed by atoms with Crippen LogP contribution in [0.25, 0.3) is 0 Å².